The lowest BCUT2D eigenvalue weighted by Gasteiger charge is -1.94. The van der Waals surface area contributed by atoms with Crippen LogP contribution >= 0.6 is 47.8 Å². The molecule has 0 N–H and O–H groups in total. The molecular formula is C11H9Br3N2O. The average molecular weight is 425 g/mol. The first-order valence-electron chi connectivity index (χ1n) is 4.54. The molecule has 0 aliphatic rings. The minimum Gasteiger partial charge on any atom is -0.481 e. The van der Waals surface area contributed by atoms with Gasteiger partial charge in [0.25, 0.3) is 0 Å². The summed E-state index contributed by atoms with van der Waals surface area (Å²) in [5, 5.41) is 0. The van der Waals surface area contributed by atoms with Crippen LogP contribution in [-0.2, 0) is 0 Å². The van der Waals surface area contributed by atoms with Crippen LogP contribution in [0, 0.1) is 0 Å². The first kappa shape index (κ1) is 14.6. The topological polar surface area (TPSA) is 35.0 Å². The number of pyridine rings is 2. The molecule has 2 rings (SSSR count). The lowest BCUT2D eigenvalue weighted by atomic mass is 10.5. The van der Waals surface area contributed by atoms with Crippen molar-refractivity contribution in [1.29, 1.82) is 0 Å². The molecule has 0 spiro atoms. The van der Waals surface area contributed by atoms with Gasteiger partial charge < -0.3 is 4.74 Å². The first-order chi connectivity index (χ1) is 8.11. The van der Waals surface area contributed by atoms with Crippen LogP contribution in [0.5, 0.6) is 5.88 Å². The molecule has 0 aliphatic heterocycles. The number of nitrogens with zero attached hydrogens (tertiary/aromatic N) is 2. The molecule has 2 heterocycles. The van der Waals surface area contributed by atoms with E-state index in [0.29, 0.717) is 5.88 Å². The minimum absolute atomic E-state index is 0.637. The van der Waals surface area contributed by atoms with Crippen LogP contribution in [0.25, 0.3) is 0 Å². The Balaban J connectivity index is 0.000000171. The first-order valence-corrected chi connectivity index (χ1v) is 6.92. The van der Waals surface area contributed by atoms with E-state index in [4.69, 9.17) is 4.74 Å². The Bertz CT molecular complexity index is 424. The molecule has 2 aromatic rings. The number of methoxy groups -OCH3 is 1. The maximum absolute atomic E-state index is 4.84. The Hall–Kier alpha value is -0.460. The number of hydrogen-bond donors (Lipinski definition) is 0. The van der Waals surface area contributed by atoms with Crippen molar-refractivity contribution in [3.63, 3.8) is 0 Å². The Morgan fingerprint density at radius 2 is 1.47 bits per heavy atom. The van der Waals surface area contributed by atoms with Gasteiger partial charge in [-0.2, -0.15) is 0 Å². The van der Waals surface area contributed by atoms with Crippen LogP contribution < -0.4 is 4.74 Å². The van der Waals surface area contributed by atoms with Gasteiger partial charge in [-0.05, 0) is 66.0 Å². The third kappa shape index (κ3) is 6.14. The quantitative estimate of drug-likeness (QED) is 0.634. The number of hydrogen-bond acceptors (Lipinski definition) is 3. The fourth-order valence-corrected chi connectivity index (χ4v) is 1.54. The van der Waals surface area contributed by atoms with Gasteiger partial charge in [0.15, 0.2) is 0 Å². The van der Waals surface area contributed by atoms with Crippen molar-refractivity contribution in [2.45, 2.75) is 0 Å². The lowest BCUT2D eigenvalue weighted by Crippen LogP contribution is -1.84. The van der Waals surface area contributed by atoms with E-state index < -0.39 is 0 Å². The predicted octanol–water partition coefficient (Wildman–Crippen LogP) is 4.46. The summed E-state index contributed by atoms with van der Waals surface area (Å²) in [5.41, 5.74) is 0. The van der Waals surface area contributed by atoms with Crippen molar-refractivity contribution < 1.29 is 4.74 Å². The van der Waals surface area contributed by atoms with Crippen LogP contribution in [0.15, 0.2) is 50.2 Å². The zero-order chi connectivity index (χ0) is 12.7. The van der Waals surface area contributed by atoms with E-state index in [9.17, 15) is 0 Å². The number of aromatic nitrogens is 2. The van der Waals surface area contributed by atoms with Crippen LogP contribution in [0.1, 0.15) is 0 Å². The molecule has 0 saturated heterocycles. The number of rotatable bonds is 1. The summed E-state index contributed by atoms with van der Waals surface area (Å²) < 4.78 is 7.66. The van der Waals surface area contributed by atoms with E-state index in [1.54, 1.807) is 25.6 Å². The smallest absolute Gasteiger partial charge is 0.212 e. The summed E-state index contributed by atoms with van der Waals surface area (Å²) >= 11 is 9.73. The summed E-state index contributed by atoms with van der Waals surface area (Å²) in [4.78, 5) is 7.88. The van der Waals surface area contributed by atoms with Gasteiger partial charge in [-0.3, -0.25) is 0 Å². The highest BCUT2D eigenvalue weighted by Gasteiger charge is 1.88. The molecule has 0 radical (unpaired) electrons. The van der Waals surface area contributed by atoms with Gasteiger partial charge in [0.2, 0.25) is 5.88 Å². The van der Waals surface area contributed by atoms with Gasteiger partial charge in [-0.25, -0.2) is 9.97 Å². The second-order valence-electron chi connectivity index (χ2n) is 2.82. The lowest BCUT2D eigenvalue weighted by molar-refractivity contribution is 0.397. The normalized spacial score (nSPS) is 9.18. The van der Waals surface area contributed by atoms with Crippen molar-refractivity contribution >= 4 is 47.8 Å². The Labute approximate surface area is 125 Å². The standard InChI is InChI=1S/C6H6BrNO.C5H3Br2N/c1-9-6-3-2-5(7)4-8-6;6-4-1-2-5(7)8-3-4/h2-4H,1H3;1-3H. The van der Waals surface area contributed by atoms with Gasteiger partial charge in [0, 0.05) is 27.4 Å². The maximum Gasteiger partial charge on any atom is 0.212 e. The summed E-state index contributed by atoms with van der Waals surface area (Å²) in [7, 11) is 1.59. The van der Waals surface area contributed by atoms with Crippen molar-refractivity contribution in [2.24, 2.45) is 0 Å². The molecule has 2 aromatic heterocycles. The van der Waals surface area contributed by atoms with E-state index >= 15 is 0 Å². The summed E-state index contributed by atoms with van der Waals surface area (Å²) in [6.07, 6.45) is 3.43. The monoisotopic (exact) mass is 422 g/mol. The van der Waals surface area contributed by atoms with E-state index in [2.05, 4.69) is 57.8 Å². The highest BCUT2D eigenvalue weighted by atomic mass is 79.9. The highest BCUT2D eigenvalue weighted by molar-refractivity contribution is 9.11. The predicted molar refractivity (Wildman–Crippen MR) is 78.1 cm³/mol. The average Bonchev–Trinajstić information content (AvgIpc) is 2.35. The van der Waals surface area contributed by atoms with Crippen molar-refractivity contribution in [2.75, 3.05) is 7.11 Å². The van der Waals surface area contributed by atoms with Gasteiger partial charge in [-0.1, -0.05) is 0 Å². The zero-order valence-electron chi connectivity index (χ0n) is 8.90. The number of ether oxygens (including phenoxy) is 1. The fraction of sp³-hybridized carbons (Fsp3) is 0.0909. The largest absolute Gasteiger partial charge is 0.481 e. The molecular weight excluding hydrogens is 416 g/mol. The number of halogens is 3. The molecule has 0 amide bonds. The van der Waals surface area contributed by atoms with Gasteiger partial charge >= 0.3 is 0 Å². The maximum atomic E-state index is 4.84. The summed E-state index contributed by atoms with van der Waals surface area (Å²) in [6.45, 7) is 0. The fourth-order valence-electron chi connectivity index (χ4n) is 0.841. The summed E-state index contributed by atoms with van der Waals surface area (Å²) in [5.74, 6) is 0.637. The van der Waals surface area contributed by atoms with E-state index in [1.165, 1.54) is 0 Å². The van der Waals surface area contributed by atoms with Crippen LogP contribution in [0.3, 0.4) is 0 Å². The van der Waals surface area contributed by atoms with Gasteiger partial charge in [-0.15, -0.1) is 0 Å². The van der Waals surface area contributed by atoms with E-state index in [0.717, 1.165) is 13.5 Å². The van der Waals surface area contributed by atoms with Gasteiger partial charge in [0.1, 0.15) is 4.60 Å². The third-order valence-corrected chi connectivity index (χ3v) is 3.01. The molecule has 3 nitrogen and oxygen atoms in total. The van der Waals surface area contributed by atoms with Crippen molar-refractivity contribution in [3.05, 3.63) is 50.2 Å². The molecule has 0 aromatic carbocycles. The second-order valence-corrected chi connectivity index (χ2v) is 5.46. The minimum atomic E-state index is 0.637. The second kappa shape index (κ2) is 7.79. The molecule has 0 aliphatic carbocycles. The van der Waals surface area contributed by atoms with E-state index in [-0.39, 0.29) is 0 Å². The van der Waals surface area contributed by atoms with Gasteiger partial charge in [0.05, 0.1) is 7.11 Å². The Kier molecular flexibility index (Phi) is 6.69. The molecule has 17 heavy (non-hydrogen) atoms. The molecule has 0 unspecified atom stereocenters. The van der Waals surface area contributed by atoms with Crippen molar-refractivity contribution in [1.82, 2.24) is 9.97 Å². The molecule has 0 bridgehead atoms. The molecule has 0 atom stereocenters. The van der Waals surface area contributed by atoms with Crippen LogP contribution in [-0.4, -0.2) is 17.1 Å². The molecule has 6 heteroatoms. The molecule has 90 valence electrons. The van der Waals surface area contributed by atoms with Crippen LogP contribution in [0.2, 0.25) is 0 Å². The SMILES string of the molecule is Brc1ccc(Br)nc1.COc1ccc(Br)cn1. The van der Waals surface area contributed by atoms with Crippen LogP contribution in [0.4, 0.5) is 0 Å². The highest BCUT2D eigenvalue weighted by Crippen LogP contribution is 2.11. The Morgan fingerprint density at radius 1 is 0.882 bits per heavy atom. The molecule has 0 fully saturated rings. The van der Waals surface area contributed by atoms with E-state index in [1.807, 2.05) is 18.2 Å². The molecule has 0 saturated carbocycles. The zero-order valence-corrected chi connectivity index (χ0v) is 13.7. The Morgan fingerprint density at radius 3 is 1.82 bits per heavy atom. The van der Waals surface area contributed by atoms with Crippen molar-refractivity contribution in [3.8, 4) is 5.88 Å². The summed E-state index contributed by atoms with van der Waals surface area (Å²) in [6, 6.07) is 7.48. The third-order valence-electron chi connectivity index (χ3n) is 1.60.